The lowest BCUT2D eigenvalue weighted by atomic mass is 9.73. The number of hydrogen-bond donors (Lipinski definition) is 3. The van der Waals surface area contributed by atoms with Crippen molar-refractivity contribution in [1.82, 2.24) is 10.2 Å². The number of nitrogens with zero attached hydrogens (tertiary/aromatic N) is 1. The Balaban J connectivity index is 1.57. The Morgan fingerprint density at radius 3 is 1.88 bits per heavy atom. The topological polar surface area (TPSA) is 170 Å². The Hall–Kier alpha value is -2.62. The highest BCUT2D eigenvalue weighted by Crippen LogP contribution is 2.88. The van der Waals surface area contributed by atoms with Gasteiger partial charge in [0.05, 0.1) is 6.04 Å². The fourth-order valence-corrected chi connectivity index (χ4v) is 10.1. The van der Waals surface area contributed by atoms with Crippen molar-refractivity contribution in [3.05, 3.63) is 0 Å². The van der Waals surface area contributed by atoms with Crippen LogP contribution in [0.25, 0.3) is 0 Å². The summed E-state index contributed by atoms with van der Waals surface area (Å²) in [6, 6.07) is -0.717. The maximum absolute atomic E-state index is 14.9. The van der Waals surface area contributed by atoms with E-state index in [1.807, 2.05) is 41.5 Å². The molecular weight excluding hydrogens is 644 g/mol. The van der Waals surface area contributed by atoms with Crippen molar-refractivity contribution in [3.8, 4) is 0 Å². The number of nitrogens with two attached hydrogens (primary N) is 2. The third-order valence-corrected chi connectivity index (χ3v) is 14.0. The summed E-state index contributed by atoms with van der Waals surface area (Å²) in [7, 11) is 0. The average Bonchev–Trinajstić information content (AvgIpc) is 3.16. The highest BCUT2D eigenvalue weighted by atomic mass is 16.2. The Kier molecular flexibility index (Phi) is 11.5. The molecule has 1 heterocycles. The quantitative estimate of drug-likeness (QED) is 0.177. The number of amides is 3. The second-order valence-electron chi connectivity index (χ2n) is 20.4. The number of rotatable bonds is 16. The summed E-state index contributed by atoms with van der Waals surface area (Å²) in [6.45, 7) is 21.0. The van der Waals surface area contributed by atoms with Crippen molar-refractivity contribution < 1.29 is 28.8 Å². The second-order valence-corrected chi connectivity index (χ2v) is 20.4. The molecule has 10 nitrogen and oxygen atoms in total. The first-order chi connectivity index (χ1) is 23.3. The first-order valence-electron chi connectivity index (χ1n) is 19.5. The Morgan fingerprint density at radius 2 is 1.45 bits per heavy atom. The van der Waals surface area contributed by atoms with Crippen LogP contribution in [0.2, 0.25) is 0 Å². The third kappa shape index (κ3) is 8.31. The maximum Gasteiger partial charge on any atom is 0.285 e. The number of primary amides is 1. The van der Waals surface area contributed by atoms with Gasteiger partial charge in [0.15, 0.2) is 5.78 Å². The summed E-state index contributed by atoms with van der Waals surface area (Å²) in [4.78, 5) is 82.6. The van der Waals surface area contributed by atoms with Gasteiger partial charge < -0.3 is 21.7 Å². The van der Waals surface area contributed by atoms with Gasteiger partial charge in [-0.1, -0.05) is 81.1 Å². The monoisotopic (exact) mass is 713 g/mol. The molecule has 1 aliphatic heterocycles. The number of carbonyl (C=O) groups excluding carboxylic acids is 6. The van der Waals surface area contributed by atoms with Gasteiger partial charge in [-0.2, -0.15) is 0 Å². The first kappa shape index (κ1) is 41.1. The third-order valence-electron chi connectivity index (χ3n) is 14.0. The van der Waals surface area contributed by atoms with Crippen LogP contribution < -0.4 is 16.8 Å². The minimum atomic E-state index is -1.01. The average molecular weight is 713 g/mol. The lowest BCUT2D eigenvalue weighted by Gasteiger charge is -2.36. The smallest absolute Gasteiger partial charge is 0.285 e. The highest BCUT2D eigenvalue weighted by molar-refractivity contribution is 6.36. The van der Waals surface area contributed by atoms with Gasteiger partial charge in [0.2, 0.25) is 17.6 Å². The van der Waals surface area contributed by atoms with Crippen molar-refractivity contribution >= 4 is 35.1 Å². The maximum atomic E-state index is 14.9. The number of ketones is 3. The minimum Gasteiger partial charge on any atom is -0.363 e. The van der Waals surface area contributed by atoms with Gasteiger partial charge in [-0.3, -0.25) is 28.8 Å². The van der Waals surface area contributed by atoms with Gasteiger partial charge in [-0.05, 0) is 73.0 Å². The summed E-state index contributed by atoms with van der Waals surface area (Å²) in [5.74, 6) is -3.59. The number of carbonyl (C=O) groups is 6. The van der Waals surface area contributed by atoms with Crippen LogP contribution in [-0.2, 0) is 28.8 Å². The minimum absolute atomic E-state index is 0.0299. The molecule has 51 heavy (non-hydrogen) atoms. The SMILES string of the molecule is CC(C)(N)CC(=O)NC[C@@H](CC(=O)C[C@H](C(=O)N1C[C@]2(C[C@H]1C(=O)CC(CC1CCC1)C(=O)C(N)=O)C(C)(C)C21CCC1)C(C)(C)C)C(C)(C)C. The molecule has 10 heteroatoms. The molecule has 4 fully saturated rings. The molecule has 3 aliphatic carbocycles. The summed E-state index contributed by atoms with van der Waals surface area (Å²) >= 11 is 0. The molecule has 288 valence electrons. The van der Waals surface area contributed by atoms with E-state index < -0.39 is 40.5 Å². The van der Waals surface area contributed by atoms with Crippen molar-refractivity contribution in [3.63, 3.8) is 0 Å². The van der Waals surface area contributed by atoms with Crippen LogP contribution in [0.3, 0.4) is 0 Å². The molecule has 1 saturated heterocycles. The van der Waals surface area contributed by atoms with E-state index in [9.17, 15) is 28.8 Å². The predicted octanol–water partition coefficient (Wildman–Crippen LogP) is 5.52. The van der Waals surface area contributed by atoms with E-state index in [1.54, 1.807) is 18.7 Å². The molecular formula is C41H68N4O6. The van der Waals surface area contributed by atoms with E-state index in [-0.39, 0.29) is 76.6 Å². The highest BCUT2D eigenvalue weighted by Gasteiger charge is 2.85. The largest absolute Gasteiger partial charge is 0.363 e. The summed E-state index contributed by atoms with van der Waals surface area (Å²) < 4.78 is 0. The van der Waals surface area contributed by atoms with Crippen LogP contribution in [0.1, 0.15) is 146 Å². The van der Waals surface area contributed by atoms with Gasteiger partial charge >= 0.3 is 0 Å². The van der Waals surface area contributed by atoms with Gasteiger partial charge in [0.1, 0.15) is 5.78 Å². The second kappa shape index (κ2) is 14.3. The first-order valence-corrected chi connectivity index (χ1v) is 19.5. The predicted molar refractivity (Wildman–Crippen MR) is 198 cm³/mol. The number of fused-ring (bicyclic) bond motifs is 1. The lowest BCUT2D eigenvalue weighted by molar-refractivity contribution is -0.147. The molecule has 3 amide bonds. The Labute approximate surface area is 306 Å². The zero-order chi connectivity index (χ0) is 38.5. The van der Waals surface area contributed by atoms with Gasteiger partial charge in [-0.15, -0.1) is 0 Å². The van der Waals surface area contributed by atoms with Crippen LogP contribution in [-0.4, -0.2) is 64.6 Å². The van der Waals surface area contributed by atoms with Crippen LogP contribution in [0, 0.1) is 50.7 Å². The molecule has 0 bridgehead atoms. The Bertz CT molecular complexity index is 1390. The molecule has 5 N–H and O–H groups in total. The zero-order valence-electron chi connectivity index (χ0n) is 33.3. The lowest BCUT2D eigenvalue weighted by Crippen LogP contribution is -2.48. The fraction of sp³-hybridized carbons (Fsp3) is 0.854. The molecule has 0 aromatic carbocycles. The van der Waals surface area contributed by atoms with Crippen LogP contribution >= 0.6 is 0 Å². The van der Waals surface area contributed by atoms with Crippen molar-refractivity contribution in [2.75, 3.05) is 13.1 Å². The van der Waals surface area contributed by atoms with Gasteiger partial charge in [-0.25, -0.2) is 0 Å². The standard InChI is InChI=1S/C41H68N4O6/c1-36(2,3)27(23-44-32(48)22-38(7,8)43)19-28(46)20-29(37(4,5)6)35(51)45-24-41(39(9,10)40(41)15-12-16-40)21-30(45)31(47)18-26(33(49)34(42)50)17-25-13-11-14-25/h25-27,29-30H,11-24,43H2,1-10H3,(H2,42,50)(H,44,48)/t26?,27-,29-,30+,41-/m1/s1. The van der Waals surface area contributed by atoms with E-state index >= 15 is 0 Å². The molecule has 1 unspecified atom stereocenters. The molecule has 3 saturated carbocycles. The van der Waals surface area contributed by atoms with E-state index in [1.165, 1.54) is 0 Å². The summed E-state index contributed by atoms with van der Waals surface area (Å²) in [5.41, 5.74) is 9.83. The van der Waals surface area contributed by atoms with Crippen LogP contribution in [0.15, 0.2) is 0 Å². The van der Waals surface area contributed by atoms with Crippen LogP contribution in [0.4, 0.5) is 0 Å². The number of hydrogen-bond acceptors (Lipinski definition) is 7. The Morgan fingerprint density at radius 1 is 0.843 bits per heavy atom. The van der Waals surface area contributed by atoms with Crippen molar-refractivity contribution in [1.29, 1.82) is 0 Å². The molecule has 5 atom stereocenters. The molecule has 4 rings (SSSR count). The molecule has 2 spiro atoms. The van der Waals surface area contributed by atoms with Crippen molar-refractivity contribution in [2.24, 2.45) is 62.2 Å². The van der Waals surface area contributed by atoms with E-state index in [0.29, 0.717) is 31.8 Å². The van der Waals surface area contributed by atoms with E-state index in [2.05, 4.69) is 19.2 Å². The molecule has 0 aromatic rings. The summed E-state index contributed by atoms with van der Waals surface area (Å²) in [5, 5.41) is 2.98. The molecule has 0 radical (unpaired) electrons. The number of likely N-dealkylation sites (tertiary alicyclic amines) is 1. The van der Waals surface area contributed by atoms with Gasteiger partial charge in [0.25, 0.3) is 5.91 Å². The van der Waals surface area contributed by atoms with Crippen molar-refractivity contribution in [2.45, 2.75) is 158 Å². The fourth-order valence-electron chi connectivity index (χ4n) is 10.1. The summed E-state index contributed by atoms with van der Waals surface area (Å²) in [6.07, 6.45) is 7.61. The van der Waals surface area contributed by atoms with E-state index in [4.69, 9.17) is 11.5 Å². The van der Waals surface area contributed by atoms with Gasteiger partial charge in [0, 0.05) is 61.6 Å². The number of nitrogens with one attached hydrogen (secondary N) is 1. The number of Topliss-reactive ketones (excluding diaryl/α,β-unsaturated/α-hetero) is 3. The van der Waals surface area contributed by atoms with Crippen LogP contribution in [0.5, 0.6) is 0 Å². The zero-order valence-corrected chi connectivity index (χ0v) is 33.3. The molecule has 4 aliphatic rings. The van der Waals surface area contributed by atoms with E-state index in [0.717, 1.165) is 38.5 Å². The molecule has 0 aromatic heterocycles. The normalized spacial score (nSPS) is 25.8.